The predicted molar refractivity (Wildman–Crippen MR) is 82.4 cm³/mol. The number of tetrazole rings is 1. The lowest BCUT2D eigenvalue weighted by Gasteiger charge is -2.30. The highest BCUT2D eigenvalue weighted by Gasteiger charge is 2.26. The van der Waals surface area contributed by atoms with Crippen molar-refractivity contribution in [2.24, 2.45) is 5.92 Å². The molecule has 7 nitrogen and oxygen atoms in total. The number of rotatable bonds is 4. The highest BCUT2D eigenvalue weighted by Crippen LogP contribution is 2.20. The first-order valence-corrected chi connectivity index (χ1v) is 9.15. The lowest BCUT2D eigenvalue weighted by molar-refractivity contribution is 0.232. The van der Waals surface area contributed by atoms with Crippen molar-refractivity contribution in [2.45, 2.75) is 19.4 Å². The van der Waals surface area contributed by atoms with E-state index in [0.717, 1.165) is 18.4 Å². The van der Waals surface area contributed by atoms with Gasteiger partial charge in [0.1, 0.15) is 0 Å². The van der Waals surface area contributed by atoms with Crippen LogP contribution in [0.2, 0.25) is 0 Å². The number of piperidine rings is 1. The molecule has 0 amide bonds. The van der Waals surface area contributed by atoms with E-state index in [-0.39, 0.29) is 5.92 Å². The van der Waals surface area contributed by atoms with Gasteiger partial charge in [-0.1, -0.05) is 30.3 Å². The van der Waals surface area contributed by atoms with Crippen LogP contribution in [0.1, 0.15) is 12.8 Å². The van der Waals surface area contributed by atoms with Gasteiger partial charge in [-0.05, 0) is 24.0 Å². The molecule has 1 atom stereocenters. The maximum atomic E-state index is 11.6. The van der Waals surface area contributed by atoms with Crippen molar-refractivity contribution in [1.29, 1.82) is 0 Å². The molecule has 118 valence electrons. The summed E-state index contributed by atoms with van der Waals surface area (Å²) < 4.78 is 24.8. The molecular weight excluding hydrogens is 302 g/mol. The normalized spacial score (nSPS) is 20.1. The number of aromatic nitrogens is 4. The van der Waals surface area contributed by atoms with Crippen molar-refractivity contribution >= 4 is 10.0 Å². The van der Waals surface area contributed by atoms with Gasteiger partial charge >= 0.3 is 0 Å². The lowest BCUT2D eigenvalue weighted by Crippen LogP contribution is -2.40. The summed E-state index contributed by atoms with van der Waals surface area (Å²) in [6, 6.07) is 9.68. The Morgan fingerprint density at radius 1 is 1.27 bits per heavy atom. The molecule has 1 saturated heterocycles. The van der Waals surface area contributed by atoms with Crippen LogP contribution < -0.4 is 0 Å². The minimum atomic E-state index is -3.12. The van der Waals surface area contributed by atoms with Crippen molar-refractivity contribution in [2.75, 3.05) is 19.3 Å². The Kier molecular flexibility index (Phi) is 4.21. The molecular formula is C14H19N5O2S. The quantitative estimate of drug-likeness (QED) is 0.839. The number of hydrogen-bond donors (Lipinski definition) is 0. The molecule has 2 aromatic rings. The molecule has 1 aromatic heterocycles. The first kappa shape index (κ1) is 15.1. The molecule has 0 unspecified atom stereocenters. The van der Waals surface area contributed by atoms with Crippen LogP contribution in [0.15, 0.2) is 30.3 Å². The van der Waals surface area contributed by atoms with Gasteiger partial charge < -0.3 is 0 Å². The minimum absolute atomic E-state index is 0.223. The van der Waals surface area contributed by atoms with Crippen LogP contribution in [-0.4, -0.2) is 52.3 Å². The molecule has 3 rings (SSSR count). The molecule has 0 bridgehead atoms. The van der Waals surface area contributed by atoms with Gasteiger partial charge in [-0.15, -0.1) is 10.2 Å². The van der Waals surface area contributed by atoms with E-state index in [2.05, 4.69) is 15.4 Å². The van der Waals surface area contributed by atoms with Gasteiger partial charge in [-0.3, -0.25) is 0 Å². The summed E-state index contributed by atoms with van der Waals surface area (Å²) in [4.78, 5) is 1.57. The molecule has 0 radical (unpaired) electrons. The van der Waals surface area contributed by atoms with E-state index in [1.165, 1.54) is 10.6 Å². The summed E-state index contributed by atoms with van der Waals surface area (Å²) in [5, 5.41) is 12.5. The van der Waals surface area contributed by atoms with E-state index in [4.69, 9.17) is 0 Å². The zero-order chi connectivity index (χ0) is 15.6. The third-order valence-corrected chi connectivity index (χ3v) is 5.13. The van der Waals surface area contributed by atoms with Crippen LogP contribution >= 0.6 is 0 Å². The average molecular weight is 321 g/mol. The summed E-state index contributed by atoms with van der Waals surface area (Å²) in [7, 11) is -3.12. The Hall–Kier alpha value is -1.80. The second-order valence-electron chi connectivity index (χ2n) is 5.66. The van der Waals surface area contributed by atoms with Crippen LogP contribution in [-0.2, 0) is 16.6 Å². The highest BCUT2D eigenvalue weighted by atomic mass is 32.2. The number of hydrogen-bond acceptors (Lipinski definition) is 5. The zero-order valence-corrected chi connectivity index (χ0v) is 13.3. The predicted octanol–water partition coefficient (Wildman–Crippen LogP) is 1.01. The monoisotopic (exact) mass is 321 g/mol. The fourth-order valence-electron chi connectivity index (χ4n) is 2.73. The van der Waals surface area contributed by atoms with Gasteiger partial charge in [-0.2, -0.15) is 4.80 Å². The molecule has 1 aliphatic heterocycles. The Morgan fingerprint density at radius 3 is 2.77 bits per heavy atom. The number of benzene rings is 1. The first-order chi connectivity index (χ1) is 10.5. The van der Waals surface area contributed by atoms with E-state index in [0.29, 0.717) is 25.5 Å². The fraction of sp³-hybridized carbons (Fsp3) is 0.500. The van der Waals surface area contributed by atoms with Crippen molar-refractivity contribution in [3.05, 3.63) is 30.3 Å². The van der Waals surface area contributed by atoms with Gasteiger partial charge in [0, 0.05) is 18.7 Å². The number of sulfonamides is 1. The smallest absolute Gasteiger partial charge is 0.211 e. The van der Waals surface area contributed by atoms with Crippen molar-refractivity contribution in [3.8, 4) is 11.4 Å². The first-order valence-electron chi connectivity index (χ1n) is 7.31. The summed E-state index contributed by atoms with van der Waals surface area (Å²) in [6.45, 7) is 1.72. The van der Waals surface area contributed by atoms with Crippen LogP contribution in [0.3, 0.4) is 0 Å². The maximum absolute atomic E-state index is 11.6. The van der Waals surface area contributed by atoms with E-state index < -0.39 is 10.0 Å². The highest BCUT2D eigenvalue weighted by molar-refractivity contribution is 7.88. The Labute approximate surface area is 130 Å². The lowest BCUT2D eigenvalue weighted by atomic mass is 10.00. The Balaban J connectivity index is 1.68. The van der Waals surface area contributed by atoms with Crippen LogP contribution in [0.4, 0.5) is 0 Å². The average Bonchev–Trinajstić information content (AvgIpc) is 2.96. The molecule has 22 heavy (non-hydrogen) atoms. The van der Waals surface area contributed by atoms with Crippen molar-refractivity contribution in [3.63, 3.8) is 0 Å². The summed E-state index contributed by atoms with van der Waals surface area (Å²) in [6.07, 6.45) is 3.11. The molecule has 1 fully saturated rings. The molecule has 1 aromatic carbocycles. The SMILES string of the molecule is CS(=O)(=O)N1CCC[C@H](Cn2nnc(-c3ccccc3)n2)C1. The summed E-state index contributed by atoms with van der Waals surface area (Å²) >= 11 is 0. The van der Waals surface area contributed by atoms with E-state index in [1.807, 2.05) is 30.3 Å². The van der Waals surface area contributed by atoms with E-state index in [9.17, 15) is 8.42 Å². The number of nitrogens with zero attached hydrogens (tertiary/aromatic N) is 5. The van der Waals surface area contributed by atoms with Gasteiger partial charge in [0.15, 0.2) is 0 Å². The van der Waals surface area contributed by atoms with Crippen LogP contribution in [0, 0.1) is 5.92 Å². The Bertz CT molecular complexity index is 729. The standard InChI is InChI=1S/C14H19N5O2S/c1-22(20,21)18-9-5-6-12(10-18)11-19-16-14(15-17-19)13-7-3-2-4-8-13/h2-4,7-8,12H,5-6,9-11H2,1H3/t12-/m0/s1. The van der Waals surface area contributed by atoms with E-state index in [1.54, 1.807) is 4.80 Å². The van der Waals surface area contributed by atoms with Gasteiger partial charge in [0.25, 0.3) is 0 Å². The van der Waals surface area contributed by atoms with Crippen molar-refractivity contribution in [1.82, 2.24) is 24.5 Å². The molecule has 8 heteroatoms. The van der Waals surface area contributed by atoms with Crippen LogP contribution in [0.5, 0.6) is 0 Å². The van der Waals surface area contributed by atoms with Gasteiger partial charge in [0.2, 0.25) is 15.8 Å². The molecule has 1 aliphatic rings. The molecule has 0 aliphatic carbocycles. The summed E-state index contributed by atoms with van der Waals surface area (Å²) in [5.41, 5.74) is 0.926. The third kappa shape index (κ3) is 3.50. The third-order valence-electron chi connectivity index (χ3n) is 3.86. The van der Waals surface area contributed by atoms with Crippen LogP contribution in [0.25, 0.3) is 11.4 Å². The van der Waals surface area contributed by atoms with E-state index >= 15 is 0 Å². The Morgan fingerprint density at radius 2 is 2.05 bits per heavy atom. The van der Waals surface area contributed by atoms with Gasteiger partial charge in [-0.25, -0.2) is 12.7 Å². The summed E-state index contributed by atoms with van der Waals surface area (Å²) in [5.74, 6) is 0.817. The topological polar surface area (TPSA) is 81.0 Å². The second-order valence-corrected chi connectivity index (χ2v) is 7.65. The maximum Gasteiger partial charge on any atom is 0.211 e. The molecule has 0 spiro atoms. The minimum Gasteiger partial charge on any atom is -0.213 e. The molecule has 0 N–H and O–H groups in total. The fourth-order valence-corrected chi connectivity index (χ4v) is 3.67. The second kappa shape index (κ2) is 6.13. The van der Waals surface area contributed by atoms with Gasteiger partial charge in [0.05, 0.1) is 12.8 Å². The molecule has 2 heterocycles. The zero-order valence-electron chi connectivity index (χ0n) is 12.5. The largest absolute Gasteiger partial charge is 0.213 e. The molecule has 0 saturated carbocycles. The van der Waals surface area contributed by atoms with Crippen molar-refractivity contribution < 1.29 is 8.42 Å².